The molecule has 2 rings (SSSR count). The van der Waals surface area contributed by atoms with E-state index in [1.165, 1.54) is 37.9 Å². The van der Waals surface area contributed by atoms with E-state index in [0.29, 0.717) is 5.92 Å². The van der Waals surface area contributed by atoms with Crippen molar-refractivity contribution in [3.63, 3.8) is 0 Å². The Balaban J connectivity index is 1.75. The first-order valence-electron chi connectivity index (χ1n) is 7.46. The molecule has 18 heavy (non-hydrogen) atoms. The molecule has 0 bridgehead atoms. The van der Waals surface area contributed by atoms with Gasteiger partial charge in [-0.25, -0.2) is 4.98 Å². The van der Waals surface area contributed by atoms with Gasteiger partial charge >= 0.3 is 0 Å². The van der Waals surface area contributed by atoms with Gasteiger partial charge < -0.3 is 9.88 Å². The highest BCUT2D eigenvalue weighted by atomic mass is 15.1. The minimum atomic E-state index is 0.701. The largest absolute Gasteiger partial charge is 0.334 e. The number of aryl methyl sites for hydroxylation is 1. The van der Waals surface area contributed by atoms with Gasteiger partial charge in [0.2, 0.25) is 0 Å². The lowest BCUT2D eigenvalue weighted by Gasteiger charge is -2.12. The summed E-state index contributed by atoms with van der Waals surface area (Å²) in [4.78, 5) is 4.46. The Hall–Kier alpha value is -0.830. The molecular weight excluding hydrogens is 222 g/mol. The normalized spacial score (nSPS) is 16.8. The third-order valence-corrected chi connectivity index (χ3v) is 3.89. The molecule has 1 fully saturated rings. The van der Waals surface area contributed by atoms with Crippen LogP contribution in [0.15, 0.2) is 12.4 Å². The predicted octanol–water partition coefficient (Wildman–Crippen LogP) is 3.21. The molecule has 0 aromatic carbocycles. The Morgan fingerprint density at radius 2 is 2.17 bits per heavy atom. The lowest BCUT2D eigenvalue weighted by molar-refractivity contribution is 0.445. The molecule has 0 spiro atoms. The first kappa shape index (κ1) is 13.6. The van der Waals surface area contributed by atoms with Crippen molar-refractivity contribution < 1.29 is 0 Å². The quantitative estimate of drug-likeness (QED) is 0.804. The van der Waals surface area contributed by atoms with E-state index in [4.69, 9.17) is 0 Å². The van der Waals surface area contributed by atoms with Gasteiger partial charge in [0.05, 0.1) is 6.54 Å². The zero-order valence-corrected chi connectivity index (χ0v) is 11.9. The lowest BCUT2D eigenvalue weighted by Crippen LogP contribution is -2.21. The van der Waals surface area contributed by atoms with Gasteiger partial charge in [0, 0.05) is 18.9 Å². The monoisotopic (exact) mass is 249 g/mol. The fourth-order valence-corrected chi connectivity index (χ4v) is 2.80. The van der Waals surface area contributed by atoms with Crippen molar-refractivity contribution in [1.29, 1.82) is 0 Å². The van der Waals surface area contributed by atoms with Gasteiger partial charge in [-0.2, -0.15) is 0 Å². The zero-order chi connectivity index (χ0) is 12.8. The fourth-order valence-electron chi connectivity index (χ4n) is 2.80. The molecule has 0 unspecified atom stereocenters. The molecule has 1 heterocycles. The summed E-state index contributed by atoms with van der Waals surface area (Å²) in [6.07, 6.45) is 11.1. The van der Waals surface area contributed by atoms with E-state index >= 15 is 0 Å². The third-order valence-electron chi connectivity index (χ3n) is 3.89. The van der Waals surface area contributed by atoms with Crippen LogP contribution in [0, 0.1) is 11.8 Å². The molecular formula is C15H27N3. The third kappa shape index (κ3) is 4.13. The van der Waals surface area contributed by atoms with Crippen LogP contribution in [-0.4, -0.2) is 16.1 Å². The minimum Gasteiger partial charge on any atom is -0.334 e. The molecule has 1 aliphatic rings. The molecule has 0 amide bonds. The summed E-state index contributed by atoms with van der Waals surface area (Å²) in [7, 11) is 0. The maximum absolute atomic E-state index is 4.46. The topological polar surface area (TPSA) is 29.9 Å². The molecule has 3 nitrogen and oxygen atoms in total. The van der Waals surface area contributed by atoms with Crippen molar-refractivity contribution in [2.75, 3.05) is 6.54 Å². The number of hydrogen-bond donors (Lipinski definition) is 1. The number of rotatable bonds is 7. The van der Waals surface area contributed by atoms with Gasteiger partial charge in [-0.15, -0.1) is 0 Å². The second-order valence-corrected chi connectivity index (χ2v) is 6.00. The SMILES string of the molecule is CC(C)CNCc1nccn1CCC1CCCC1. The average Bonchev–Trinajstić information content (AvgIpc) is 2.96. The van der Waals surface area contributed by atoms with Crippen LogP contribution in [0.5, 0.6) is 0 Å². The van der Waals surface area contributed by atoms with Gasteiger partial charge in [0.25, 0.3) is 0 Å². The van der Waals surface area contributed by atoms with Crippen LogP contribution in [0.2, 0.25) is 0 Å². The van der Waals surface area contributed by atoms with Crippen LogP contribution in [0.1, 0.15) is 51.8 Å². The molecule has 1 aromatic heterocycles. The molecule has 0 atom stereocenters. The molecule has 3 heteroatoms. The average molecular weight is 249 g/mol. The Morgan fingerprint density at radius 1 is 1.39 bits per heavy atom. The van der Waals surface area contributed by atoms with Crippen LogP contribution in [0.3, 0.4) is 0 Å². The molecule has 1 N–H and O–H groups in total. The molecule has 1 aliphatic carbocycles. The second-order valence-electron chi connectivity index (χ2n) is 6.00. The number of aromatic nitrogens is 2. The van der Waals surface area contributed by atoms with Crippen LogP contribution < -0.4 is 5.32 Å². The second kappa shape index (κ2) is 6.93. The first-order chi connectivity index (χ1) is 8.75. The number of nitrogens with zero attached hydrogens (tertiary/aromatic N) is 2. The van der Waals surface area contributed by atoms with E-state index in [-0.39, 0.29) is 0 Å². The maximum atomic E-state index is 4.46. The van der Waals surface area contributed by atoms with Gasteiger partial charge in [-0.3, -0.25) is 0 Å². The maximum Gasteiger partial charge on any atom is 0.122 e. The highest BCUT2D eigenvalue weighted by Gasteiger charge is 2.15. The van der Waals surface area contributed by atoms with Crippen molar-refractivity contribution in [2.45, 2.75) is 59.0 Å². The summed E-state index contributed by atoms with van der Waals surface area (Å²) < 4.78 is 2.33. The Labute approximate surface area is 111 Å². The minimum absolute atomic E-state index is 0.701. The van der Waals surface area contributed by atoms with Crippen molar-refractivity contribution in [3.8, 4) is 0 Å². The molecule has 1 saturated carbocycles. The molecule has 102 valence electrons. The molecule has 0 saturated heterocycles. The Morgan fingerprint density at radius 3 is 2.89 bits per heavy atom. The van der Waals surface area contributed by atoms with Gasteiger partial charge in [0.1, 0.15) is 5.82 Å². The van der Waals surface area contributed by atoms with Gasteiger partial charge in [-0.1, -0.05) is 39.5 Å². The summed E-state index contributed by atoms with van der Waals surface area (Å²) in [6.45, 7) is 7.58. The molecule has 0 aliphatic heterocycles. The molecule has 0 radical (unpaired) electrons. The van der Waals surface area contributed by atoms with Gasteiger partial charge in [0.15, 0.2) is 0 Å². The van der Waals surface area contributed by atoms with Crippen LogP contribution in [0.4, 0.5) is 0 Å². The summed E-state index contributed by atoms with van der Waals surface area (Å²) in [5.74, 6) is 2.85. The van der Waals surface area contributed by atoms with Gasteiger partial charge in [-0.05, 0) is 24.8 Å². The van der Waals surface area contributed by atoms with Crippen LogP contribution in [-0.2, 0) is 13.1 Å². The number of imidazole rings is 1. The number of nitrogens with one attached hydrogen (secondary N) is 1. The highest BCUT2D eigenvalue weighted by molar-refractivity contribution is 4.92. The summed E-state index contributed by atoms with van der Waals surface area (Å²) >= 11 is 0. The van der Waals surface area contributed by atoms with Crippen LogP contribution in [0.25, 0.3) is 0 Å². The summed E-state index contributed by atoms with van der Waals surface area (Å²) in [5.41, 5.74) is 0. The number of hydrogen-bond acceptors (Lipinski definition) is 2. The van der Waals surface area contributed by atoms with E-state index in [1.54, 1.807) is 0 Å². The lowest BCUT2D eigenvalue weighted by atomic mass is 10.0. The zero-order valence-electron chi connectivity index (χ0n) is 11.9. The summed E-state index contributed by atoms with van der Waals surface area (Å²) in [6, 6.07) is 0. The summed E-state index contributed by atoms with van der Waals surface area (Å²) in [5, 5.41) is 3.47. The molecule has 1 aromatic rings. The first-order valence-corrected chi connectivity index (χ1v) is 7.46. The Bertz CT molecular complexity index is 337. The van der Waals surface area contributed by atoms with E-state index in [9.17, 15) is 0 Å². The van der Waals surface area contributed by atoms with Crippen molar-refractivity contribution in [3.05, 3.63) is 18.2 Å². The van der Waals surface area contributed by atoms with Crippen LogP contribution >= 0.6 is 0 Å². The van der Waals surface area contributed by atoms with Crippen molar-refractivity contribution in [1.82, 2.24) is 14.9 Å². The highest BCUT2D eigenvalue weighted by Crippen LogP contribution is 2.27. The smallest absolute Gasteiger partial charge is 0.122 e. The van der Waals surface area contributed by atoms with Crippen molar-refractivity contribution in [2.24, 2.45) is 11.8 Å². The standard InChI is InChI=1S/C15H27N3/c1-13(2)11-16-12-15-17-8-10-18(15)9-7-14-5-3-4-6-14/h8,10,13-14,16H,3-7,9,11-12H2,1-2H3. The van der Waals surface area contributed by atoms with Crippen molar-refractivity contribution >= 4 is 0 Å². The van der Waals surface area contributed by atoms with E-state index in [0.717, 1.165) is 25.6 Å². The Kier molecular flexibility index (Phi) is 5.24. The fraction of sp³-hybridized carbons (Fsp3) is 0.800. The predicted molar refractivity (Wildman–Crippen MR) is 75.3 cm³/mol. The van der Waals surface area contributed by atoms with E-state index < -0.39 is 0 Å². The van der Waals surface area contributed by atoms with E-state index in [2.05, 4.69) is 34.9 Å². The van der Waals surface area contributed by atoms with E-state index in [1.807, 2.05) is 6.20 Å².